The summed E-state index contributed by atoms with van der Waals surface area (Å²) in [5.74, 6) is -0.0422. The summed E-state index contributed by atoms with van der Waals surface area (Å²) >= 11 is 0. The fourth-order valence-corrected chi connectivity index (χ4v) is 2.74. The van der Waals surface area contributed by atoms with Crippen LogP contribution in [0.3, 0.4) is 0 Å². The number of aromatic carboxylic acids is 1. The third-order valence-corrected chi connectivity index (χ3v) is 4.19. The van der Waals surface area contributed by atoms with Crippen molar-refractivity contribution in [3.05, 3.63) is 29.3 Å². The lowest BCUT2D eigenvalue weighted by atomic mass is 9.98. The zero-order valence-electron chi connectivity index (χ0n) is 15.4. The minimum absolute atomic E-state index is 0.261. The van der Waals surface area contributed by atoms with Crippen LogP contribution < -0.4 is 4.74 Å². The van der Waals surface area contributed by atoms with Crippen LogP contribution in [0.4, 0.5) is 4.79 Å². The molecule has 6 heteroatoms. The van der Waals surface area contributed by atoms with Crippen LogP contribution in [-0.4, -0.2) is 47.4 Å². The molecular formula is C19H27NO5. The van der Waals surface area contributed by atoms with Crippen molar-refractivity contribution in [3.63, 3.8) is 0 Å². The number of carbonyl (C=O) groups excluding carboxylic acids is 1. The quantitative estimate of drug-likeness (QED) is 0.896. The molecule has 0 unspecified atom stereocenters. The monoisotopic (exact) mass is 349 g/mol. The van der Waals surface area contributed by atoms with E-state index in [0.717, 1.165) is 12.8 Å². The number of hydrogen-bond acceptors (Lipinski definition) is 4. The predicted octanol–water partition coefficient (Wildman–Crippen LogP) is 3.72. The molecule has 1 saturated heterocycles. The number of ether oxygens (including phenoxy) is 2. The topological polar surface area (TPSA) is 76.1 Å². The molecule has 1 heterocycles. The highest BCUT2D eigenvalue weighted by atomic mass is 16.6. The van der Waals surface area contributed by atoms with Crippen molar-refractivity contribution >= 4 is 12.1 Å². The lowest BCUT2D eigenvalue weighted by Gasteiger charge is -2.33. The second-order valence-corrected chi connectivity index (χ2v) is 7.50. The maximum atomic E-state index is 12.0. The molecule has 1 aromatic carbocycles. The standard InChI is InChI=1S/C19H27NO5/c1-13-5-6-15(11-16(13)17(21)22)24-12-14-7-9-20(10-8-14)18(23)25-19(2,3)4/h5-6,11,14H,7-10,12H2,1-4H3,(H,21,22). The molecular weight excluding hydrogens is 322 g/mol. The molecule has 2 rings (SSSR count). The van der Waals surface area contributed by atoms with E-state index in [-0.39, 0.29) is 11.7 Å². The summed E-state index contributed by atoms with van der Waals surface area (Å²) < 4.78 is 11.2. The Bertz CT molecular complexity index is 627. The first-order chi connectivity index (χ1) is 11.7. The number of hydrogen-bond donors (Lipinski definition) is 1. The second kappa shape index (κ2) is 7.76. The first-order valence-corrected chi connectivity index (χ1v) is 8.60. The van der Waals surface area contributed by atoms with Gasteiger partial charge in [0.15, 0.2) is 0 Å². The summed E-state index contributed by atoms with van der Waals surface area (Å²) in [6.45, 7) is 9.16. The van der Waals surface area contributed by atoms with Gasteiger partial charge < -0.3 is 19.5 Å². The van der Waals surface area contributed by atoms with Crippen molar-refractivity contribution in [1.29, 1.82) is 0 Å². The number of piperidine rings is 1. The molecule has 0 atom stereocenters. The average molecular weight is 349 g/mol. The van der Waals surface area contributed by atoms with Crippen molar-refractivity contribution < 1.29 is 24.2 Å². The molecule has 138 valence electrons. The van der Waals surface area contributed by atoms with Crippen molar-refractivity contribution in [2.24, 2.45) is 5.92 Å². The maximum Gasteiger partial charge on any atom is 0.410 e. The van der Waals surface area contributed by atoms with Gasteiger partial charge in [-0.2, -0.15) is 0 Å². The molecule has 1 aliphatic rings. The highest BCUT2D eigenvalue weighted by molar-refractivity contribution is 5.89. The average Bonchev–Trinajstić information content (AvgIpc) is 2.52. The van der Waals surface area contributed by atoms with E-state index in [2.05, 4.69) is 0 Å². The molecule has 0 spiro atoms. The first kappa shape index (κ1) is 19.1. The number of carbonyl (C=O) groups is 2. The van der Waals surface area contributed by atoms with Gasteiger partial charge in [-0.25, -0.2) is 9.59 Å². The van der Waals surface area contributed by atoms with Gasteiger partial charge in [-0.15, -0.1) is 0 Å². The number of aryl methyl sites for hydroxylation is 1. The van der Waals surface area contributed by atoms with Gasteiger partial charge in [-0.3, -0.25) is 0 Å². The molecule has 25 heavy (non-hydrogen) atoms. The van der Waals surface area contributed by atoms with E-state index in [9.17, 15) is 9.59 Å². The predicted molar refractivity (Wildman–Crippen MR) is 94.2 cm³/mol. The van der Waals surface area contributed by atoms with E-state index in [1.54, 1.807) is 30.0 Å². The van der Waals surface area contributed by atoms with E-state index < -0.39 is 11.6 Å². The van der Waals surface area contributed by atoms with Crippen LogP contribution in [0.5, 0.6) is 5.75 Å². The summed E-state index contributed by atoms with van der Waals surface area (Å²) in [5, 5.41) is 9.16. The molecule has 1 aromatic rings. The number of carboxylic acids is 1. The van der Waals surface area contributed by atoms with Crippen LogP contribution in [-0.2, 0) is 4.74 Å². The number of likely N-dealkylation sites (tertiary alicyclic amines) is 1. The fourth-order valence-electron chi connectivity index (χ4n) is 2.74. The molecule has 0 saturated carbocycles. The van der Waals surface area contributed by atoms with E-state index in [4.69, 9.17) is 14.6 Å². The normalized spacial score (nSPS) is 15.8. The van der Waals surface area contributed by atoms with Gasteiger partial charge in [0.05, 0.1) is 12.2 Å². The Kier molecular flexibility index (Phi) is 5.93. The summed E-state index contributed by atoms with van der Waals surface area (Å²) in [5.41, 5.74) is 0.493. The molecule has 0 radical (unpaired) electrons. The SMILES string of the molecule is Cc1ccc(OCC2CCN(C(=O)OC(C)(C)C)CC2)cc1C(=O)O. The Morgan fingerprint density at radius 3 is 2.44 bits per heavy atom. The third-order valence-electron chi connectivity index (χ3n) is 4.19. The van der Waals surface area contributed by atoms with E-state index in [1.165, 1.54) is 0 Å². The summed E-state index contributed by atoms with van der Waals surface area (Å²) in [4.78, 5) is 25.0. The third kappa shape index (κ3) is 5.66. The van der Waals surface area contributed by atoms with E-state index >= 15 is 0 Å². The van der Waals surface area contributed by atoms with Gasteiger partial charge in [0, 0.05) is 13.1 Å². The van der Waals surface area contributed by atoms with Gasteiger partial charge in [0.25, 0.3) is 0 Å². The first-order valence-electron chi connectivity index (χ1n) is 8.60. The minimum atomic E-state index is -0.950. The number of carboxylic acid groups (broad SMARTS) is 1. The largest absolute Gasteiger partial charge is 0.493 e. The van der Waals surface area contributed by atoms with Crippen molar-refractivity contribution in [3.8, 4) is 5.75 Å². The molecule has 1 aliphatic heterocycles. The second-order valence-electron chi connectivity index (χ2n) is 7.50. The van der Waals surface area contributed by atoms with Crippen molar-refractivity contribution in [1.82, 2.24) is 4.90 Å². The van der Waals surface area contributed by atoms with E-state index in [0.29, 0.717) is 36.9 Å². The molecule has 1 amide bonds. The number of nitrogens with zero attached hydrogens (tertiary/aromatic N) is 1. The minimum Gasteiger partial charge on any atom is -0.493 e. The number of benzene rings is 1. The zero-order chi connectivity index (χ0) is 18.6. The van der Waals surface area contributed by atoms with Crippen LogP contribution in [0.1, 0.15) is 49.5 Å². The Labute approximate surface area is 148 Å². The van der Waals surface area contributed by atoms with Gasteiger partial charge in [0.2, 0.25) is 0 Å². The van der Waals surface area contributed by atoms with Crippen molar-refractivity contribution in [2.75, 3.05) is 19.7 Å². The van der Waals surface area contributed by atoms with Gasteiger partial charge in [0.1, 0.15) is 11.4 Å². The van der Waals surface area contributed by atoms with Crippen LogP contribution in [0.15, 0.2) is 18.2 Å². The zero-order valence-corrected chi connectivity index (χ0v) is 15.4. The summed E-state index contributed by atoms with van der Waals surface area (Å²) in [6.07, 6.45) is 1.42. The molecule has 0 bridgehead atoms. The highest BCUT2D eigenvalue weighted by Crippen LogP contribution is 2.23. The fraction of sp³-hybridized carbons (Fsp3) is 0.579. The summed E-state index contributed by atoms with van der Waals surface area (Å²) in [6, 6.07) is 5.11. The molecule has 0 aromatic heterocycles. The highest BCUT2D eigenvalue weighted by Gasteiger charge is 2.27. The molecule has 0 aliphatic carbocycles. The van der Waals surface area contributed by atoms with Crippen LogP contribution in [0.25, 0.3) is 0 Å². The number of amides is 1. The Morgan fingerprint density at radius 2 is 1.88 bits per heavy atom. The van der Waals surface area contributed by atoms with Crippen LogP contribution in [0, 0.1) is 12.8 Å². The molecule has 1 fully saturated rings. The van der Waals surface area contributed by atoms with Crippen LogP contribution >= 0.6 is 0 Å². The molecule has 6 nitrogen and oxygen atoms in total. The van der Waals surface area contributed by atoms with Crippen LogP contribution in [0.2, 0.25) is 0 Å². The Morgan fingerprint density at radius 1 is 1.24 bits per heavy atom. The van der Waals surface area contributed by atoms with E-state index in [1.807, 2.05) is 20.8 Å². The van der Waals surface area contributed by atoms with Gasteiger partial charge >= 0.3 is 12.1 Å². The Hall–Kier alpha value is -2.24. The van der Waals surface area contributed by atoms with Crippen molar-refractivity contribution in [2.45, 2.75) is 46.1 Å². The smallest absolute Gasteiger partial charge is 0.410 e. The maximum absolute atomic E-state index is 12.0. The van der Waals surface area contributed by atoms with Gasteiger partial charge in [-0.05, 0) is 64.2 Å². The lowest BCUT2D eigenvalue weighted by Crippen LogP contribution is -2.42. The van der Waals surface area contributed by atoms with Gasteiger partial charge in [-0.1, -0.05) is 6.07 Å². The number of rotatable bonds is 4. The Balaban J connectivity index is 1.82. The summed E-state index contributed by atoms with van der Waals surface area (Å²) in [7, 11) is 0. The lowest BCUT2D eigenvalue weighted by molar-refractivity contribution is 0.0165. The molecule has 1 N–H and O–H groups in total.